The van der Waals surface area contributed by atoms with Crippen LogP contribution < -0.4 is 9.47 Å². The summed E-state index contributed by atoms with van der Waals surface area (Å²) in [6, 6.07) is 12.3. The highest BCUT2D eigenvalue weighted by molar-refractivity contribution is 5.94. The molecule has 2 aliphatic heterocycles. The lowest BCUT2D eigenvalue weighted by molar-refractivity contribution is -0.145. The summed E-state index contributed by atoms with van der Waals surface area (Å²) in [5.41, 5.74) is 13.1. The van der Waals surface area contributed by atoms with Gasteiger partial charge in [0.2, 0.25) is 0 Å². The molecule has 7 rings (SSSR count). The first-order chi connectivity index (χ1) is 35.5. The first-order valence-corrected chi connectivity index (χ1v) is 29.0. The van der Waals surface area contributed by atoms with Gasteiger partial charge < -0.3 is 29.3 Å². The molecule has 3 aromatic heterocycles. The second-order valence-electron chi connectivity index (χ2n) is 21.8. The zero-order valence-electron chi connectivity index (χ0n) is 46.0. The number of aromatic nitrogens is 4. The van der Waals surface area contributed by atoms with Gasteiger partial charge in [0.05, 0.1) is 31.4 Å². The van der Waals surface area contributed by atoms with E-state index in [-0.39, 0.29) is 61.5 Å². The molecule has 10 nitrogen and oxygen atoms in total. The van der Waals surface area contributed by atoms with Gasteiger partial charge in [0.15, 0.2) is 0 Å². The number of carbonyl (C=O) groups is 2. The van der Waals surface area contributed by atoms with Crippen molar-refractivity contribution in [1.29, 1.82) is 0 Å². The van der Waals surface area contributed by atoms with Gasteiger partial charge in [-0.1, -0.05) is 150 Å². The Hall–Kier alpha value is -4.96. The smallest absolute Gasteiger partial charge is 0.306 e. The molecular weight excluding hydrogens is 909 g/mol. The minimum absolute atomic E-state index is 0.0539. The lowest BCUT2D eigenvalue weighted by Crippen LogP contribution is -2.11. The Morgan fingerprint density at radius 2 is 1.11 bits per heavy atom. The number of aliphatic hydroxyl groups excluding tert-OH is 1. The van der Waals surface area contributed by atoms with Gasteiger partial charge in [-0.15, -0.1) is 0 Å². The van der Waals surface area contributed by atoms with Crippen molar-refractivity contribution in [3.05, 3.63) is 92.6 Å². The predicted octanol–water partition coefficient (Wildman–Crippen LogP) is 16.0. The average Bonchev–Trinajstić information content (AvgIpc) is 4.14. The largest absolute Gasteiger partial charge is 0.493 e. The first kappa shape index (κ1) is 55.8. The summed E-state index contributed by atoms with van der Waals surface area (Å²) in [5.74, 6) is 0.800. The fourth-order valence-electron chi connectivity index (χ4n) is 11.7. The third-order valence-corrected chi connectivity index (χ3v) is 16.3. The van der Waals surface area contributed by atoms with Gasteiger partial charge in [-0.25, -0.2) is 0 Å². The van der Waals surface area contributed by atoms with Crippen molar-refractivity contribution in [3.8, 4) is 11.5 Å². The monoisotopic (exact) mass is 999 g/mol. The van der Waals surface area contributed by atoms with E-state index < -0.39 is 0 Å². The van der Waals surface area contributed by atoms with Gasteiger partial charge in [-0.2, -0.15) is 0 Å². The average molecular weight is 999 g/mol. The molecule has 10 heteroatoms. The van der Waals surface area contributed by atoms with Crippen molar-refractivity contribution in [3.63, 3.8) is 0 Å². The number of aryl methyl sites for hydroxylation is 3. The number of ketones is 1. The number of carbonyl (C=O) groups excluding carboxylic acids is 2. The second-order valence-corrected chi connectivity index (χ2v) is 21.8. The van der Waals surface area contributed by atoms with E-state index in [1.165, 1.54) is 108 Å². The molecule has 398 valence electrons. The Bertz CT molecular complexity index is 2570. The van der Waals surface area contributed by atoms with Gasteiger partial charge in [0.25, 0.3) is 0 Å². The van der Waals surface area contributed by atoms with Crippen LogP contribution in [0.25, 0.3) is 22.1 Å². The van der Waals surface area contributed by atoms with E-state index in [0.717, 1.165) is 116 Å². The summed E-state index contributed by atoms with van der Waals surface area (Å²) in [6.45, 7) is 16.4. The van der Waals surface area contributed by atoms with Crippen LogP contribution in [-0.2, 0) is 40.4 Å². The number of unbranched alkanes of at least 4 members (excludes halogenated alkanes) is 18. The summed E-state index contributed by atoms with van der Waals surface area (Å²) in [5, 5.41) is 10.6. The molecule has 3 N–H and O–H groups in total. The van der Waals surface area contributed by atoms with Crippen LogP contribution in [-0.4, -0.2) is 50.0 Å². The Morgan fingerprint density at radius 3 is 1.67 bits per heavy atom. The molecular formula is C63H90N4O6. The summed E-state index contributed by atoms with van der Waals surface area (Å²) in [7, 11) is 0. The molecule has 0 saturated carbocycles. The van der Waals surface area contributed by atoms with E-state index in [0.29, 0.717) is 19.6 Å². The zero-order valence-corrected chi connectivity index (χ0v) is 46.0. The number of hydrogen-bond acceptors (Lipinski definition) is 8. The summed E-state index contributed by atoms with van der Waals surface area (Å²) >= 11 is 0. The first-order valence-electron chi connectivity index (χ1n) is 29.0. The van der Waals surface area contributed by atoms with Gasteiger partial charge in [-0.05, 0) is 92.1 Å². The van der Waals surface area contributed by atoms with Crippen LogP contribution in [0.4, 0.5) is 0 Å². The fourth-order valence-corrected chi connectivity index (χ4v) is 11.7. The molecule has 0 amide bonds. The summed E-state index contributed by atoms with van der Waals surface area (Å²) < 4.78 is 18.7. The van der Waals surface area contributed by atoms with Crippen molar-refractivity contribution >= 4 is 33.8 Å². The minimum atomic E-state index is -0.320. The molecule has 4 aromatic rings. The number of fused-ring (bicyclic) bond motifs is 8. The van der Waals surface area contributed by atoms with Crippen LogP contribution >= 0.6 is 0 Å². The number of rotatable bonds is 31. The highest BCUT2D eigenvalue weighted by Crippen LogP contribution is 2.48. The normalized spacial score (nSPS) is 17.2. The maximum absolute atomic E-state index is 14.0. The number of hydrogen-bond donors (Lipinski definition) is 3. The highest BCUT2D eigenvalue weighted by atomic mass is 16.5. The van der Waals surface area contributed by atoms with Crippen LogP contribution in [0.15, 0.2) is 36.4 Å². The molecule has 0 saturated heterocycles. The van der Waals surface area contributed by atoms with E-state index in [2.05, 4.69) is 69.7 Å². The molecule has 2 unspecified atom stereocenters. The number of esters is 1. The Balaban J connectivity index is 1.05. The molecule has 73 heavy (non-hydrogen) atoms. The molecule has 5 heterocycles. The van der Waals surface area contributed by atoms with Crippen LogP contribution in [0.2, 0.25) is 0 Å². The van der Waals surface area contributed by atoms with Crippen LogP contribution in [0.5, 0.6) is 11.5 Å². The van der Waals surface area contributed by atoms with Gasteiger partial charge in [0, 0.05) is 86.9 Å². The number of H-pyrrole nitrogens is 2. The van der Waals surface area contributed by atoms with Crippen molar-refractivity contribution < 1.29 is 28.9 Å². The number of ether oxygens (including phenoxy) is 3. The summed E-state index contributed by atoms with van der Waals surface area (Å²) in [4.78, 5) is 45.7. The standard InChI is InChI=1S/C63H90N4O6/c1-8-11-13-15-17-19-21-23-25-27-31-71-47-33-46(34-48(35-47)72-32-28-26-24-22-20-18-16-14-12-9-2)41-73-60(70)30-29-50-43(5)55-37-53-44(6)52(40-68)58(65-53)38-54-42(4)49(10-3)57(64-54)39-56-45(7)61-59(69)36-51(62(50)66-55)63(61)67-56/h33-35,37-39,43,45,50,61,64-65,68H,8-32,36,40-41H2,1-7H3/t43-,45?,50-,61?/m0/s1. The summed E-state index contributed by atoms with van der Waals surface area (Å²) in [6.07, 6.45) is 27.2. The predicted molar refractivity (Wildman–Crippen MR) is 297 cm³/mol. The maximum atomic E-state index is 14.0. The number of Topliss-reactive ketones (excluding diaryl/α,β-unsaturated/α-hetero) is 1. The van der Waals surface area contributed by atoms with E-state index in [1.807, 2.05) is 25.1 Å². The highest BCUT2D eigenvalue weighted by Gasteiger charge is 2.44. The Morgan fingerprint density at radius 1 is 0.616 bits per heavy atom. The molecule has 1 aromatic carbocycles. The number of benzene rings is 1. The fraction of sp³-hybridized carbons (Fsp3) is 0.619. The van der Waals surface area contributed by atoms with Crippen LogP contribution in [0.1, 0.15) is 256 Å². The van der Waals surface area contributed by atoms with Crippen molar-refractivity contribution in [1.82, 2.24) is 19.9 Å². The second kappa shape index (κ2) is 28.1. The Labute approximate surface area is 437 Å². The van der Waals surface area contributed by atoms with E-state index in [9.17, 15) is 14.7 Å². The molecule has 0 radical (unpaired) electrons. The maximum Gasteiger partial charge on any atom is 0.306 e. The van der Waals surface area contributed by atoms with Crippen molar-refractivity contribution in [2.75, 3.05) is 13.2 Å². The number of aromatic amines is 2. The lowest BCUT2D eigenvalue weighted by Gasteiger charge is -2.17. The van der Waals surface area contributed by atoms with Crippen LogP contribution in [0, 0.1) is 13.8 Å². The number of aliphatic hydroxyl groups is 1. The quantitative estimate of drug-likeness (QED) is 0.0335. The van der Waals surface area contributed by atoms with Gasteiger partial charge in [0.1, 0.15) is 23.9 Å². The molecule has 0 spiro atoms. The number of nitrogens with zero attached hydrogens (tertiary/aromatic N) is 2. The number of nitrogens with one attached hydrogen (secondary N) is 2. The molecule has 1 aliphatic carbocycles. The zero-order chi connectivity index (χ0) is 51.7. The lowest BCUT2D eigenvalue weighted by atomic mass is 9.85. The van der Waals surface area contributed by atoms with E-state index >= 15 is 0 Å². The topological polar surface area (TPSA) is 139 Å². The van der Waals surface area contributed by atoms with Crippen LogP contribution in [0.3, 0.4) is 0 Å². The molecule has 0 fully saturated rings. The molecule has 3 aliphatic rings. The third kappa shape index (κ3) is 14.7. The van der Waals surface area contributed by atoms with E-state index in [4.69, 9.17) is 24.2 Å². The van der Waals surface area contributed by atoms with Gasteiger partial charge >= 0.3 is 5.97 Å². The SMILES string of the molecule is CCCCCCCCCCCCOc1cc(COC(=O)CC[C@@H]2c3nc(cc4[nH]c(cc5[nH]c(cc6nc7c3CC(=O)C7C6C)c(CC)c5C)c(CO)c4C)[C@H]2C)cc(OCCCCCCCCCCCC)c1. The van der Waals surface area contributed by atoms with Gasteiger partial charge in [-0.3, -0.25) is 19.6 Å². The Kier molecular flexibility index (Phi) is 21.5. The van der Waals surface area contributed by atoms with Crippen molar-refractivity contribution in [2.45, 2.75) is 239 Å². The molecule has 4 atom stereocenters. The van der Waals surface area contributed by atoms with E-state index in [1.54, 1.807) is 0 Å². The minimum Gasteiger partial charge on any atom is -0.493 e. The third-order valence-electron chi connectivity index (χ3n) is 16.3. The molecule has 8 bridgehead atoms. The van der Waals surface area contributed by atoms with Crippen molar-refractivity contribution in [2.24, 2.45) is 0 Å².